The molecule has 4 rings (SSSR count). The fraction of sp³-hybridized carbons (Fsp3) is 0.474. The van der Waals surface area contributed by atoms with Gasteiger partial charge in [-0.2, -0.15) is 0 Å². The van der Waals surface area contributed by atoms with Crippen molar-refractivity contribution >= 4 is 34.7 Å². The van der Waals surface area contributed by atoms with Gasteiger partial charge in [0.1, 0.15) is 5.82 Å². The highest BCUT2D eigenvalue weighted by Gasteiger charge is 2.25. The molecular weight excluding hydrogens is 354 g/mol. The summed E-state index contributed by atoms with van der Waals surface area (Å²) < 4.78 is 0. The van der Waals surface area contributed by atoms with Crippen LogP contribution in [0.15, 0.2) is 24.4 Å². The van der Waals surface area contributed by atoms with Crippen LogP contribution in [0.4, 0.5) is 5.82 Å². The molecule has 0 bridgehead atoms. The van der Waals surface area contributed by atoms with Crippen LogP contribution in [0.5, 0.6) is 0 Å². The molecule has 1 saturated heterocycles. The van der Waals surface area contributed by atoms with E-state index in [1.807, 2.05) is 17.0 Å². The van der Waals surface area contributed by atoms with E-state index in [2.05, 4.69) is 16.0 Å². The average Bonchev–Trinajstić information content (AvgIpc) is 2.92. The van der Waals surface area contributed by atoms with Gasteiger partial charge < -0.3 is 9.80 Å². The normalized spacial score (nSPS) is 18.0. The smallest absolute Gasteiger partial charge is 0.264 e. The molecule has 0 N–H and O–H groups in total. The summed E-state index contributed by atoms with van der Waals surface area (Å²) in [6.45, 7) is 3.11. The number of thiophene rings is 1. The largest absolute Gasteiger partial charge is 0.353 e. The molecule has 2 aromatic heterocycles. The van der Waals surface area contributed by atoms with E-state index in [0.717, 1.165) is 49.7 Å². The maximum atomic E-state index is 12.9. The van der Waals surface area contributed by atoms with E-state index in [0.29, 0.717) is 5.02 Å². The quantitative estimate of drug-likeness (QED) is 0.743. The maximum absolute atomic E-state index is 12.9. The Labute approximate surface area is 157 Å². The molecule has 1 aliphatic heterocycles. The van der Waals surface area contributed by atoms with Gasteiger partial charge in [-0.05, 0) is 49.4 Å². The molecular formula is C19H22ClN3OS. The molecule has 0 aromatic carbocycles. The Kier molecular flexibility index (Phi) is 4.95. The molecule has 1 amide bonds. The van der Waals surface area contributed by atoms with Gasteiger partial charge in [0.15, 0.2) is 0 Å². The van der Waals surface area contributed by atoms with Crippen LogP contribution < -0.4 is 4.90 Å². The first-order valence-corrected chi connectivity index (χ1v) is 10.2. The number of fused-ring (bicyclic) bond motifs is 1. The highest BCUT2D eigenvalue weighted by molar-refractivity contribution is 7.14. The second-order valence-electron chi connectivity index (χ2n) is 6.73. The second kappa shape index (κ2) is 7.34. The standard InChI is InChI=1S/C19H22ClN3OS/c20-15-6-7-18(21-13-15)22-8-10-23(11-9-22)19(24)17-12-14-4-2-1-3-5-16(14)25-17/h6-7,12-13H,1-5,8-11H2. The van der Waals surface area contributed by atoms with Gasteiger partial charge in [0, 0.05) is 37.3 Å². The molecule has 25 heavy (non-hydrogen) atoms. The van der Waals surface area contributed by atoms with Crippen LogP contribution in [-0.4, -0.2) is 42.0 Å². The predicted molar refractivity (Wildman–Crippen MR) is 103 cm³/mol. The van der Waals surface area contributed by atoms with Crippen LogP contribution in [0.1, 0.15) is 39.4 Å². The third-order valence-corrected chi connectivity index (χ3v) is 6.51. The highest BCUT2D eigenvalue weighted by Crippen LogP contribution is 2.30. The Morgan fingerprint density at radius 3 is 2.64 bits per heavy atom. The van der Waals surface area contributed by atoms with Crippen LogP contribution in [0, 0.1) is 0 Å². The van der Waals surface area contributed by atoms with Crippen molar-refractivity contribution in [1.82, 2.24) is 9.88 Å². The summed E-state index contributed by atoms with van der Waals surface area (Å²) in [5.74, 6) is 1.13. The number of aryl methyl sites for hydroxylation is 2. The summed E-state index contributed by atoms with van der Waals surface area (Å²) in [5, 5.41) is 0.648. The lowest BCUT2D eigenvalue weighted by atomic mass is 10.1. The third kappa shape index (κ3) is 3.67. The summed E-state index contributed by atoms with van der Waals surface area (Å²) >= 11 is 7.62. The van der Waals surface area contributed by atoms with Crippen molar-refractivity contribution in [2.24, 2.45) is 0 Å². The van der Waals surface area contributed by atoms with Gasteiger partial charge in [0.25, 0.3) is 5.91 Å². The number of amides is 1. The van der Waals surface area contributed by atoms with Gasteiger partial charge in [0.2, 0.25) is 0 Å². The number of anilines is 1. The van der Waals surface area contributed by atoms with Crippen molar-refractivity contribution in [3.8, 4) is 0 Å². The number of nitrogens with zero attached hydrogens (tertiary/aromatic N) is 3. The van der Waals surface area contributed by atoms with E-state index in [1.54, 1.807) is 17.5 Å². The molecule has 4 nitrogen and oxygen atoms in total. The van der Waals surface area contributed by atoms with Crippen molar-refractivity contribution in [2.75, 3.05) is 31.1 Å². The Balaban J connectivity index is 1.40. The van der Waals surface area contributed by atoms with E-state index in [4.69, 9.17) is 11.6 Å². The number of aromatic nitrogens is 1. The molecule has 3 heterocycles. The summed E-state index contributed by atoms with van der Waals surface area (Å²) in [7, 11) is 0. The molecule has 132 valence electrons. The Bertz CT molecular complexity index is 727. The van der Waals surface area contributed by atoms with Crippen molar-refractivity contribution in [1.29, 1.82) is 0 Å². The second-order valence-corrected chi connectivity index (χ2v) is 8.31. The van der Waals surface area contributed by atoms with Gasteiger partial charge in [-0.1, -0.05) is 18.0 Å². The summed E-state index contributed by atoms with van der Waals surface area (Å²) in [4.78, 5) is 23.8. The first kappa shape index (κ1) is 16.9. The summed E-state index contributed by atoms with van der Waals surface area (Å²) in [6, 6.07) is 5.96. The van der Waals surface area contributed by atoms with Crippen LogP contribution in [-0.2, 0) is 12.8 Å². The SMILES string of the molecule is O=C(c1cc2c(s1)CCCCC2)N1CCN(c2ccc(Cl)cn2)CC1. The molecule has 6 heteroatoms. The zero-order valence-corrected chi connectivity index (χ0v) is 15.8. The van der Waals surface area contributed by atoms with Crippen LogP contribution in [0.25, 0.3) is 0 Å². The number of piperazine rings is 1. The Morgan fingerprint density at radius 1 is 1.08 bits per heavy atom. The maximum Gasteiger partial charge on any atom is 0.264 e. The first-order valence-electron chi connectivity index (χ1n) is 8.98. The minimum atomic E-state index is 0.196. The van der Waals surface area contributed by atoms with Gasteiger partial charge in [-0.3, -0.25) is 4.79 Å². The average molecular weight is 376 g/mol. The van der Waals surface area contributed by atoms with E-state index in [9.17, 15) is 4.79 Å². The van der Waals surface area contributed by atoms with E-state index in [-0.39, 0.29) is 5.91 Å². The number of hydrogen-bond acceptors (Lipinski definition) is 4. The van der Waals surface area contributed by atoms with Crippen molar-refractivity contribution < 1.29 is 4.79 Å². The number of pyridine rings is 1. The van der Waals surface area contributed by atoms with Crippen LogP contribution >= 0.6 is 22.9 Å². The minimum Gasteiger partial charge on any atom is -0.353 e. The molecule has 1 aliphatic carbocycles. The van der Waals surface area contributed by atoms with Gasteiger partial charge in [0.05, 0.1) is 9.90 Å². The van der Waals surface area contributed by atoms with Gasteiger partial charge >= 0.3 is 0 Å². The zero-order chi connectivity index (χ0) is 17.2. The number of halogens is 1. The summed E-state index contributed by atoms with van der Waals surface area (Å²) in [6.07, 6.45) is 7.77. The molecule has 2 aromatic rings. The van der Waals surface area contributed by atoms with E-state index < -0.39 is 0 Å². The minimum absolute atomic E-state index is 0.196. The zero-order valence-electron chi connectivity index (χ0n) is 14.2. The molecule has 0 saturated carbocycles. The third-order valence-electron chi connectivity index (χ3n) is 5.06. The molecule has 0 unspecified atom stereocenters. The lowest BCUT2D eigenvalue weighted by Crippen LogP contribution is -2.48. The molecule has 2 aliphatic rings. The number of carbonyl (C=O) groups excluding carboxylic acids is 1. The van der Waals surface area contributed by atoms with Crippen LogP contribution in [0.3, 0.4) is 0 Å². The number of rotatable bonds is 2. The Hall–Kier alpha value is -1.59. The predicted octanol–water partition coefficient (Wildman–Crippen LogP) is 4.03. The van der Waals surface area contributed by atoms with Crippen molar-refractivity contribution in [2.45, 2.75) is 32.1 Å². The first-order chi connectivity index (χ1) is 12.2. The molecule has 0 spiro atoms. The topological polar surface area (TPSA) is 36.4 Å². The fourth-order valence-electron chi connectivity index (χ4n) is 3.62. The van der Waals surface area contributed by atoms with Crippen molar-refractivity contribution in [3.05, 3.63) is 44.7 Å². The van der Waals surface area contributed by atoms with Crippen LogP contribution in [0.2, 0.25) is 5.02 Å². The Morgan fingerprint density at radius 2 is 1.88 bits per heavy atom. The molecule has 0 atom stereocenters. The number of carbonyl (C=O) groups is 1. The molecule has 1 fully saturated rings. The van der Waals surface area contributed by atoms with Gasteiger partial charge in [-0.15, -0.1) is 11.3 Å². The summed E-state index contributed by atoms with van der Waals surface area (Å²) in [5.41, 5.74) is 1.41. The number of hydrogen-bond donors (Lipinski definition) is 0. The molecule has 0 radical (unpaired) electrons. The van der Waals surface area contributed by atoms with E-state index in [1.165, 1.54) is 29.7 Å². The highest BCUT2D eigenvalue weighted by atomic mass is 35.5. The lowest BCUT2D eigenvalue weighted by molar-refractivity contribution is 0.0751. The van der Waals surface area contributed by atoms with Crippen molar-refractivity contribution in [3.63, 3.8) is 0 Å². The monoisotopic (exact) mass is 375 g/mol. The lowest BCUT2D eigenvalue weighted by Gasteiger charge is -2.35. The fourth-order valence-corrected chi connectivity index (χ4v) is 4.96. The van der Waals surface area contributed by atoms with E-state index >= 15 is 0 Å². The van der Waals surface area contributed by atoms with Gasteiger partial charge in [-0.25, -0.2) is 4.98 Å².